The number of anilines is 1. The van der Waals surface area contributed by atoms with Crippen molar-refractivity contribution in [2.24, 2.45) is 11.8 Å². The fraction of sp³-hybridized carbons (Fsp3) is 0.500. The third-order valence-corrected chi connectivity index (χ3v) is 8.06. The van der Waals surface area contributed by atoms with E-state index in [0.29, 0.717) is 5.92 Å². The van der Waals surface area contributed by atoms with Gasteiger partial charge in [0.2, 0.25) is 5.91 Å². The molecule has 0 radical (unpaired) electrons. The van der Waals surface area contributed by atoms with Gasteiger partial charge in [0, 0.05) is 32.4 Å². The summed E-state index contributed by atoms with van der Waals surface area (Å²) in [6.07, 6.45) is 6.10. The van der Waals surface area contributed by atoms with Crippen LogP contribution in [0.5, 0.6) is 0 Å². The molecule has 0 spiro atoms. The monoisotopic (exact) mass is 463 g/mol. The predicted octanol–water partition coefficient (Wildman–Crippen LogP) is 4.24. The minimum absolute atomic E-state index is 0.0420. The number of likely N-dealkylation sites (tertiary alicyclic amines) is 1. The zero-order chi connectivity index (χ0) is 22.6. The SMILES string of the molecule is Cc1ccc(CN2CCC(CNC(=O)C3CCCN(c4nc5cccnc5s4)C3)CC2)cc1. The Morgan fingerprint density at radius 1 is 1.12 bits per heavy atom. The molecule has 1 atom stereocenters. The molecule has 2 aliphatic rings. The van der Waals surface area contributed by atoms with Gasteiger partial charge in [0.25, 0.3) is 0 Å². The molecule has 0 aliphatic carbocycles. The highest BCUT2D eigenvalue weighted by Crippen LogP contribution is 2.30. The van der Waals surface area contributed by atoms with E-state index >= 15 is 0 Å². The van der Waals surface area contributed by atoms with E-state index in [0.717, 1.165) is 80.4 Å². The number of amides is 1. The van der Waals surface area contributed by atoms with Gasteiger partial charge >= 0.3 is 0 Å². The molecular weight excluding hydrogens is 430 g/mol. The summed E-state index contributed by atoms with van der Waals surface area (Å²) in [6, 6.07) is 12.8. The Balaban J connectivity index is 1.07. The maximum Gasteiger partial charge on any atom is 0.224 e. The van der Waals surface area contributed by atoms with Crippen LogP contribution in [0.1, 0.15) is 36.8 Å². The van der Waals surface area contributed by atoms with Crippen molar-refractivity contribution in [1.29, 1.82) is 0 Å². The molecule has 1 amide bonds. The van der Waals surface area contributed by atoms with E-state index in [-0.39, 0.29) is 11.8 Å². The molecule has 2 aromatic heterocycles. The van der Waals surface area contributed by atoms with Crippen molar-refractivity contribution in [2.75, 3.05) is 37.6 Å². The van der Waals surface area contributed by atoms with Gasteiger partial charge in [-0.2, -0.15) is 0 Å². The summed E-state index contributed by atoms with van der Waals surface area (Å²) >= 11 is 1.62. The van der Waals surface area contributed by atoms with Crippen LogP contribution in [0.2, 0.25) is 0 Å². The van der Waals surface area contributed by atoms with Gasteiger partial charge in [0.1, 0.15) is 10.3 Å². The summed E-state index contributed by atoms with van der Waals surface area (Å²) in [4.78, 5) is 27.9. The Hall–Kier alpha value is -2.51. The molecule has 4 heterocycles. The second-order valence-electron chi connectivity index (χ2n) is 9.56. The lowest BCUT2D eigenvalue weighted by Crippen LogP contribution is -2.45. The number of carbonyl (C=O) groups excluding carboxylic acids is 1. The van der Waals surface area contributed by atoms with Crippen molar-refractivity contribution < 1.29 is 4.79 Å². The average Bonchev–Trinajstić information content (AvgIpc) is 3.29. The van der Waals surface area contributed by atoms with E-state index in [9.17, 15) is 4.79 Å². The molecule has 6 nitrogen and oxygen atoms in total. The summed E-state index contributed by atoms with van der Waals surface area (Å²) in [7, 11) is 0. The minimum Gasteiger partial charge on any atom is -0.356 e. The third kappa shape index (κ3) is 5.53. The van der Waals surface area contributed by atoms with E-state index in [4.69, 9.17) is 4.98 Å². The Labute approximate surface area is 200 Å². The first-order valence-corrected chi connectivity index (χ1v) is 13.0. The number of hydrogen-bond donors (Lipinski definition) is 1. The topological polar surface area (TPSA) is 61.4 Å². The minimum atomic E-state index is 0.0420. The maximum absolute atomic E-state index is 12.9. The van der Waals surface area contributed by atoms with Crippen molar-refractivity contribution >= 4 is 32.7 Å². The van der Waals surface area contributed by atoms with Crippen LogP contribution in [0.4, 0.5) is 5.13 Å². The predicted molar refractivity (Wildman–Crippen MR) is 135 cm³/mol. The first-order chi connectivity index (χ1) is 16.1. The first kappa shape index (κ1) is 22.3. The van der Waals surface area contributed by atoms with E-state index in [1.54, 1.807) is 11.3 Å². The van der Waals surface area contributed by atoms with E-state index in [1.165, 1.54) is 11.1 Å². The number of benzene rings is 1. The van der Waals surface area contributed by atoms with Crippen LogP contribution < -0.4 is 10.2 Å². The lowest BCUT2D eigenvalue weighted by Gasteiger charge is -2.34. The van der Waals surface area contributed by atoms with Gasteiger partial charge in [-0.15, -0.1) is 0 Å². The Bertz CT molecular complexity index is 1040. The number of hydrogen-bond acceptors (Lipinski definition) is 6. The molecule has 2 saturated heterocycles. The van der Waals surface area contributed by atoms with Crippen molar-refractivity contribution in [3.8, 4) is 0 Å². The maximum atomic E-state index is 12.9. The molecule has 2 fully saturated rings. The number of rotatable bonds is 6. The smallest absolute Gasteiger partial charge is 0.224 e. The molecule has 0 bridgehead atoms. The van der Waals surface area contributed by atoms with Crippen molar-refractivity contribution in [3.63, 3.8) is 0 Å². The van der Waals surface area contributed by atoms with Crippen LogP contribution >= 0.6 is 11.3 Å². The zero-order valence-electron chi connectivity index (χ0n) is 19.4. The van der Waals surface area contributed by atoms with Crippen LogP contribution in [0.15, 0.2) is 42.6 Å². The highest BCUT2D eigenvalue weighted by Gasteiger charge is 2.28. The van der Waals surface area contributed by atoms with Gasteiger partial charge in [-0.3, -0.25) is 9.69 Å². The van der Waals surface area contributed by atoms with Gasteiger partial charge in [-0.25, -0.2) is 9.97 Å². The van der Waals surface area contributed by atoms with Crippen molar-refractivity contribution in [1.82, 2.24) is 20.2 Å². The number of carbonyl (C=O) groups is 1. The fourth-order valence-corrected chi connectivity index (χ4v) is 5.89. The molecule has 0 saturated carbocycles. The van der Waals surface area contributed by atoms with Crippen LogP contribution in [0.25, 0.3) is 10.3 Å². The number of thiazole rings is 1. The average molecular weight is 464 g/mol. The number of piperidine rings is 2. The van der Waals surface area contributed by atoms with Crippen LogP contribution in [0.3, 0.4) is 0 Å². The first-order valence-electron chi connectivity index (χ1n) is 12.2. The van der Waals surface area contributed by atoms with Gasteiger partial charge in [-0.05, 0) is 69.3 Å². The van der Waals surface area contributed by atoms with Crippen LogP contribution in [0, 0.1) is 18.8 Å². The molecule has 1 unspecified atom stereocenters. The van der Waals surface area contributed by atoms with Gasteiger partial charge < -0.3 is 10.2 Å². The molecule has 3 aromatic rings. The normalized spacial score (nSPS) is 20.3. The Kier molecular flexibility index (Phi) is 6.88. The zero-order valence-corrected chi connectivity index (χ0v) is 20.2. The van der Waals surface area contributed by atoms with E-state index < -0.39 is 0 Å². The number of nitrogens with zero attached hydrogens (tertiary/aromatic N) is 4. The third-order valence-electron chi connectivity index (χ3n) is 7.02. The second kappa shape index (κ2) is 10.2. The number of pyridine rings is 1. The molecule has 33 heavy (non-hydrogen) atoms. The largest absolute Gasteiger partial charge is 0.356 e. The molecule has 2 aliphatic heterocycles. The standard InChI is InChI=1S/C26H33N5OS/c1-19-6-8-21(9-7-19)17-30-14-10-20(11-15-30)16-28-24(32)22-4-3-13-31(18-22)26-29-23-5-2-12-27-25(23)33-26/h2,5-9,12,20,22H,3-4,10-11,13-18H2,1H3,(H,28,32). The number of aryl methyl sites for hydroxylation is 1. The second-order valence-corrected chi connectivity index (χ2v) is 10.5. The van der Waals surface area contributed by atoms with E-state index in [2.05, 4.69) is 51.3 Å². The summed E-state index contributed by atoms with van der Waals surface area (Å²) in [5.74, 6) is 0.833. The quantitative estimate of drug-likeness (QED) is 0.592. The van der Waals surface area contributed by atoms with Gasteiger partial charge in [0.05, 0.1) is 5.92 Å². The summed E-state index contributed by atoms with van der Waals surface area (Å²) in [5, 5.41) is 4.27. The lowest BCUT2D eigenvalue weighted by atomic mass is 9.94. The van der Waals surface area contributed by atoms with Crippen molar-refractivity contribution in [2.45, 2.75) is 39.2 Å². The molecule has 1 aromatic carbocycles. The summed E-state index contributed by atoms with van der Waals surface area (Å²) in [6.45, 7) is 7.89. The van der Waals surface area contributed by atoms with Gasteiger partial charge in [0.15, 0.2) is 5.13 Å². The number of aromatic nitrogens is 2. The van der Waals surface area contributed by atoms with Crippen molar-refractivity contribution in [3.05, 3.63) is 53.7 Å². The van der Waals surface area contributed by atoms with Crippen LogP contribution in [-0.4, -0.2) is 53.5 Å². The Morgan fingerprint density at radius 3 is 2.73 bits per heavy atom. The number of nitrogens with one attached hydrogen (secondary N) is 1. The van der Waals surface area contributed by atoms with E-state index in [1.807, 2.05) is 18.3 Å². The highest BCUT2D eigenvalue weighted by molar-refractivity contribution is 7.21. The van der Waals surface area contributed by atoms with Crippen LogP contribution in [-0.2, 0) is 11.3 Å². The summed E-state index contributed by atoms with van der Waals surface area (Å²) in [5.41, 5.74) is 3.64. The summed E-state index contributed by atoms with van der Waals surface area (Å²) < 4.78 is 0. The molecular formula is C26H33N5OS. The fourth-order valence-electron chi connectivity index (χ4n) is 4.95. The molecule has 7 heteroatoms. The Morgan fingerprint density at radius 2 is 1.94 bits per heavy atom. The number of fused-ring (bicyclic) bond motifs is 1. The lowest BCUT2D eigenvalue weighted by molar-refractivity contribution is -0.125. The molecule has 1 N–H and O–H groups in total. The highest BCUT2D eigenvalue weighted by atomic mass is 32.1. The molecule has 174 valence electrons. The molecule has 5 rings (SSSR count). The van der Waals surface area contributed by atoms with Gasteiger partial charge in [-0.1, -0.05) is 41.2 Å².